The van der Waals surface area contributed by atoms with Crippen LogP contribution in [0.3, 0.4) is 0 Å². The van der Waals surface area contributed by atoms with Crippen molar-refractivity contribution in [2.75, 3.05) is 5.32 Å². The third-order valence-electron chi connectivity index (χ3n) is 4.36. The number of furan rings is 1. The van der Waals surface area contributed by atoms with Gasteiger partial charge in [0.05, 0.1) is 17.3 Å². The first-order valence-corrected chi connectivity index (χ1v) is 9.76. The zero-order chi connectivity index (χ0) is 22.5. The maximum Gasteiger partial charge on any atom is 0.387 e. The van der Waals surface area contributed by atoms with Crippen LogP contribution in [-0.4, -0.2) is 22.6 Å². The van der Waals surface area contributed by atoms with Gasteiger partial charge >= 0.3 is 6.61 Å². The third kappa shape index (κ3) is 4.98. The Bertz CT molecular complexity index is 1250. The number of hydrogen-bond donors (Lipinski definition) is 3. The number of alkyl halides is 2. The lowest BCUT2D eigenvalue weighted by Crippen LogP contribution is -2.43. The average molecular weight is 454 g/mol. The number of nitrogens with zero attached hydrogens (tertiary/aromatic N) is 1. The van der Waals surface area contributed by atoms with Crippen molar-refractivity contribution in [1.29, 1.82) is 0 Å². The van der Waals surface area contributed by atoms with Crippen LogP contribution in [0, 0.1) is 0 Å². The number of anilines is 1. The second-order valence-electron chi connectivity index (χ2n) is 6.49. The van der Waals surface area contributed by atoms with E-state index in [4.69, 9.17) is 16.6 Å². The molecule has 3 N–H and O–H groups in total. The average Bonchev–Trinajstić information content (AvgIpc) is 3.33. The van der Waals surface area contributed by atoms with Crippen LogP contribution in [0.5, 0.6) is 5.75 Å². The molecule has 0 unspecified atom stereocenters. The molecule has 4 aromatic rings. The van der Waals surface area contributed by atoms with Crippen molar-refractivity contribution in [3.63, 3.8) is 0 Å². The molecular formula is C22H16F2N4O3S. The van der Waals surface area contributed by atoms with Gasteiger partial charge in [-0.15, -0.1) is 0 Å². The minimum atomic E-state index is -2.90. The standard InChI is InChI=1S/C22H16F2N4O3S/c23-21(24)31-14-9-7-13(8-10-14)25-22(32)28-27-20(29)16-12-18(19-6-3-11-30-19)26-17-5-2-1-4-15(16)17/h1-12,21H,(H,27,29)(H2,25,28,32). The number of benzene rings is 2. The van der Waals surface area contributed by atoms with Crippen LogP contribution in [0.15, 0.2) is 77.4 Å². The van der Waals surface area contributed by atoms with Crippen molar-refractivity contribution in [2.45, 2.75) is 6.61 Å². The Morgan fingerprint density at radius 3 is 2.53 bits per heavy atom. The Labute approximate surface area is 186 Å². The summed E-state index contributed by atoms with van der Waals surface area (Å²) in [6.07, 6.45) is 1.53. The summed E-state index contributed by atoms with van der Waals surface area (Å²) >= 11 is 5.18. The van der Waals surface area contributed by atoms with Crippen molar-refractivity contribution >= 4 is 39.8 Å². The number of hydrogen-bond acceptors (Lipinski definition) is 5. The molecule has 10 heteroatoms. The summed E-state index contributed by atoms with van der Waals surface area (Å²) in [4.78, 5) is 17.4. The lowest BCUT2D eigenvalue weighted by Gasteiger charge is -2.13. The topological polar surface area (TPSA) is 88.4 Å². The number of nitrogens with one attached hydrogen (secondary N) is 3. The highest BCUT2D eigenvalue weighted by Gasteiger charge is 2.15. The molecule has 0 fully saturated rings. The number of para-hydroxylation sites is 1. The number of ether oxygens (including phenoxy) is 1. The van der Waals surface area contributed by atoms with E-state index in [0.717, 1.165) is 0 Å². The molecule has 0 aliphatic carbocycles. The van der Waals surface area contributed by atoms with Gasteiger partial charge in [-0.25, -0.2) is 4.98 Å². The molecule has 0 bridgehead atoms. The Balaban J connectivity index is 1.45. The second-order valence-corrected chi connectivity index (χ2v) is 6.89. The van der Waals surface area contributed by atoms with Crippen LogP contribution < -0.4 is 20.9 Å². The SMILES string of the molecule is O=C(NNC(=S)Nc1ccc(OC(F)F)cc1)c1cc(-c2ccco2)nc2ccccc12. The van der Waals surface area contributed by atoms with E-state index in [1.165, 1.54) is 30.5 Å². The number of aromatic nitrogens is 1. The molecule has 0 spiro atoms. The lowest BCUT2D eigenvalue weighted by molar-refractivity contribution is -0.0498. The van der Waals surface area contributed by atoms with Crippen LogP contribution in [0.25, 0.3) is 22.4 Å². The number of rotatable bonds is 5. The van der Waals surface area contributed by atoms with E-state index in [9.17, 15) is 13.6 Å². The monoisotopic (exact) mass is 454 g/mol. The van der Waals surface area contributed by atoms with E-state index in [1.807, 2.05) is 12.1 Å². The van der Waals surface area contributed by atoms with Crippen molar-refractivity contribution in [3.8, 4) is 17.2 Å². The smallest absolute Gasteiger partial charge is 0.387 e. The zero-order valence-electron chi connectivity index (χ0n) is 16.3. The highest BCUT2D eigenvalue weighted by Crippen LogP contribution is 2.25. The molecule has 0 aliphatic heterocycles. The summed E-state index contributed by atoms with van der Waals surface area (Å²) in [7, 11) is 0. The first-order valence-electron chi connectivity index (χ1n) is 9.35. The Morgan fingerprint density at radius 2 is 1.81 bits per heavy atom. The van der Waals surface area contributed by atoms with E-state index in [1.54, 1.807) is 30.3 Å². The van der Waals surface area contributed by atoms with Gasteiger partial charge in [-0.05, 0) is 60.7 Å². The first-order chi connectivity index (χ1) is 15.5. The van der Waals surface area contributed by atoms with Gasteiger partial charge in [0.1, 0.15) is 11.4 Å². The molecule has 2 heterocycles. The van der Waals surface area contributed by atoms with Gasteiger partial charge in [-0.3, -0.25) is 15.6 Å². The number of amides is 1. The molecule has 0 atom stereocenters. The number of fused-ring (bicyclic) bond motifs is 1. The molecule has 1 amide bonds. The van der Waals surface area contributed by atoms with Gasteiger partial charge in [0, 0.05) is 11.1 Å². The van der Waals surface area contributed by atoms with Crippen LogP contribution in [0.1, 0.15) is 10.4 Å². The predicted molar refractivity (Wildman–Crippen MR) is 119 cm³/mol. The molecule has 0 saturated carbocycles. The molecule has 2 aromatic heterocycles. The minimum absolute atomic E-state index is 0.0228. The second kappa shape index (κ2) is 9.40. The van der Waals surface area contributed by atoms with Gasteiger partial charge in [0.2, 0.25) is 0 Å². The number of halogens is 2. The first kappa shape index (κ1) is 21.2. The number of carbonyl (C=O) groups is 1. The van der Waals surface area contributed by atoms with Gasteiger partial charge in [-0.2, -0.15) is 8.78 Å². The number of pyridine rings is 1. The Morgan fingerprint density at radius 1 is 1.03 bits per heavy atom. The molecule has 0 aliphatic rings. The van der Waals surface area contributed by atoms with Crippen LogP contribution >= 0.6 is 12.2 Å². The quantitative estimate of drug-likeness (QED) is 0.297. The maximum atomic E-state index is 12.9. The van der Waals surface area contributed by atoms with Crippen LogP contribution in [-0.2, 0) is 0 Å². The summed E-state index contributed by atoms with van der Waals surface area (Å²) < 4.78 is 34.2. The molecule has 0 saturated heterocycles. The molecule has 162 valence electrons. The number of hydrazine groups is 1. The molecular weight excluding hydrogens is 438 g/mol. The fourth-order valence-electron chi connectivity index (χ4n) is 2.98. The summed E-state index contributed by atoms with van der Waals surface area (Å²) in [6.45, 7) is -2.90. The molecule has 32 heavy (non-hydrogen) atoms. The van der Waals surface area contributed by atoms with Gasteiger partial charge in [0.15, 0.2) is 10.9 Å². The van der Waals surface area contributed by atoms with Crippen LogP contribution in [0.4, 0.5) is 14.5 Å². The van der Waals surface area contributed by atoms with Crippen LogP contribution in [0.2, 0.25) is 0 Å². The Kier molecular flexibility index (Phi) is 6.22. The summed E-state index contributed by atoms with van der Waals surface area (Å²) in [6, 6.07) is 18.1. The summed E-state index contributed by atoms with van der Waals surface area (Å²) in [5.74, 6) is 0.130. The molecule has 2 aromatic carbocycles. The molecule has 0 radical (unpaired) electrons. The zero-order valence-corrected chi connectivity index (χ0v) is 17.2. The van der Waals surface area contributed by atoms with Crippen molar-refractivity contribution in [1.82, 2.24) is 15.8 Å². The highest BCUT2D eigenvalue weighted by atomic mass is 32.1. The van der Waals surface area contributed by atoms with E-state index in [-0.39, 0.29) is 10.9 Å². The maximum absolute atomic E-state index is 12.9. The van der Waals surface area contributed by atoms with Gasteiger partial charge in [0.25, 0.3) is 5.91 Å². The normalized spacial score (nSPS) is 10.7. The van der Waals surface area contributed by atoms with Crippen molar-refractivity contribution in [2.24, 2.45) is 0 Å². The Hall–Kier alpha value is -4.05. The third-order valence-corrected chi connectivity index (χ3v) is 4.57. The van der Waals surface area contributed by atoms with Crippen molar-refractivity contribution in [3.05, 3.63) is 78.6 Å². The number of carbonyl (C=O) groups excluding carboxylic acids is 1. The molecule has 4 rings (SSSR count). The fraction of sp³-hybridized carbons (Fsp3) is 0.0455. The van der Waals surface area contributed by atoms with E-state index in [0.29, 0.717) is 33.6 Å². The van der Waals surface area contributed by atoms with Gasteiger partial charge < -0.3 is 14.5 Å². The largest absolute Gasteiger partial charge is 0.463 e. The summed E-state index contributed by atoms with van der Waals surface area (Å²) in [5, 5.41) is 3.60. The van der Waals surface area contributed by atoms with E-state index < -0.39 is 12.5 Å². The molecule has 7 nitrogen and oxygen atoms in total. The van der Waals surface area contributed by atoms with E-state index >= 15 is 0 Å². The summed E-state index contributed by atoms with van der Waals surface area (Å²) in [5.41, 5.74) is 7.23. The number of thiocarbonyl (C=S) groups is 1. The lowest BCUT2D eigenvalue weighted by atomic mass is 10.1. The van der Waals surface area contributed by atoms with E-state index in [2.05, 4.69) is 25.9 Å². The predicted octanol–water partition coefficient (Wildman–Crippen LogP) is 4.73. The fourth-order valence-corrected chi connectivity index (χ4v) is 3.15. The van der Waals surface area contributed by atoms with Gasteiger partial charge in [-0.1, -0.05) is 18.2 Å². The highest BCUT2D eigenvalue weighted by molar-refractivity contribution is 7.80. The van der Waals surface area contributed by atoms with Crippen molar-refractivity contribution < 1.29 is 22.7 Å². The minimum Gasteiger partial charge on any atom is -0.463 e.